The minimum absolute atomic E-state index is 0. The van der Waals surface area contributed by atoms with Gasteiger partial charge in [-0.15, -0.1) is 24.0 Å². The Labute approximate surface area is 122 Å². The predicted octanol–water partition coefficient (Wildman–Crippen LogP) is 1.59. The molecule has 1 aliphatic rings. The van der Waals surface area contributed by atoms with Gasteiger partial charge in [-0.1, -0.05) is 27.7 Å². The Morgan fingerprint density at radius 1 is 1.47 bits per heavy atom. The van der Waals surface area contributed by atoms with E-state index in [1.165, 1.54) is 0 Å². The van der Waals surface area contributed by atoms with Gasteiger partial charge in [0.1, 0.15) is 0 Å². The maximum Gasteiger partial charge on any atom is 0.191 e. The molecule has 1 unspecified atom stereocenters. The zero-order valence-electron chi connectivity index (χ0n) is 11.3. The highest BCUT2D eigenvalue weighted by atomic mass is 127. The fraction of sp³-hybridized carbons (Fsp3) is 0.917. The molecular formula is C12H26IN3O. The van der Waals surface area contributed by atoms with Gasteiger partial charge in [0, 0.05) is 25.0 Å². The Kier molecular flexibility index (Phi) is 7.39. The van der Waals surface area contributed by atoms with E-state index in [1.807, 2.05) is 13.8 Å². The lowest BCUT2D eigenvalue weighted by molar-refractivity contribution is 0.0160. The maximum absolute atomic E-state index is 10.1. The van der Waals surface area contributed by atoms with Crippen LogP contribution in [0.25, 0.3) is 0 Å². The van der Waals surface area contributed by atoms with Crippen molar-refractivity contribution in [3.8, 4) is 0 Å². The number of hydrogen-bond acceptors (Lipinski definition) is 4. The highest BCUT2D eigenvalue weighted by Gasteiger charge is 2.30. The minimum atomic E-state index is -0.302. The third kappa shape index (κ3) is 5.42. The van der Waals surface area contributed by atoms with Crippen molar-refractivity contribution in [2.45, 2.75) is 40.2 Å². The number of rotatable bonds is 4. The molecule has 4 nitrogen and oxygen atoms in total. The number of guanidine groups is 1. The van der Waals surface area contributed by atoms with E-state index in [2.05, 4.69) is 29.5 Å². The SMILES string of the molecule is CC(C)C(O)C(C)(C)CNC1=NCCCN1.I. The van der Waals surface area contributed by atoms with Crippen LogP contribution in [0, 0.1) is 11.3 Å². The van der Waals surface area contributed by atoms with Crippen molar-refractivity contribution in [1.82, 2.24) is 10.6 Å². The summed E-state index contributed by atoms with van der Waals surface area (Å²) in [5, 5.41) is 16.6. The van der Waals surface area contributed by atoms with E-state index >= 15 is 0 Å². The van der Waals surface area contributed by atoms with Crippen LogP contribution in [0.2, 0.25) is 0 Å². The topological polar surface area (TPSA) is 56.6 Å². The average Bonchev–Trinajstić information content (AvgIpc) is 2.27. The molecule has 0 radical (unpaired) electrons. The molecule has 0 spiro atoms. The zero-order chi connectivity index (χ0) is 12.2. The van der Waals surface area contributed by atoms with Crippen molar-refractivity contribution < 1.29 is 5.11 Å². The highest BCUT2D eigenvalue weighted by Crippen LogP contribution is 2.24. The summed E-state index contributed by atoms with van der Waals surface area (Å²) in [5.41, 5.74) is -0.143. The molecule has 102 valence electrons. The Morgan fingerprint density at radius 2 is 2.12 bits per heavy atom. The fourth-order valence-corrected chi connectivity index (χ4v) is 1.97. The molecule has 1 atom stereocenters. The van der Waals surface area contributed by atoms with Crippen LogP contribution in [0.3, 0.4) is 0 Å². The lowest BCUT2D eigenvalue weighted by Gasteiger charge is -2.34. The first-order valence-electron chi connectivity index (χ1n) is 6.14. The number of aliphatic hydroxyl groups excluding tert-OH is 1. The monoisotopic (exact) mass is 355 g/mol. The molecule has 0 saturated carbocycles. The van der Waals surface area contributed by atoms with Gasteiger partial charge in [0.15, 0.2) is 5.96 Å². The molecule has 5 heteroatoms. The van der Waals surface area contributed by atoms with Gasteiger partial charge in [-0.25, -0.2) is 0 Å². The van der Waals surface area contributed by atoms with Gasteiger partial charge in [0.25, 0.3) is 0 Å². The Balaban J connectivity index is 0.00000256. The molecule has 17 heavy (non-hydrogen) atoms. The first-order chi connectivity index (χ1) is 7.43. The summed E-state index contributed by atoms with van der Waals surface area (Å²) in [6, 6.07) is 0. The van der Waals surface area contributed by atoms with E-state index < -0.39 is 0 Å². The van der Waals surface area contributed by atoms with E-state index in [4.69, 9.17) is 0 Å². The number of nitrogens with one attached hydrogen (secondary N) is 2. The van der Waals surface area contributed by atoms with Gasteiger partial charge in [-0.05, 0) is 12.3 Å². The second kappa shape index (κ2) is 7.41. The Hall–Kier alpha value is -0.0400. The molecule has 0 fully saturated rings. The predicted molar refractivity (Wildman–Crippen MR) is 83.0 cm³/mol. The van der Waals surface area contributed by atoms with Crippen LogP contribution in [-0.4, -0.2) is 36.8 Å². The van der Waals surface area contributed by atoms with Gasteiger partial charge in [-0.3, -0.25) is 4.99 Å². The summed E-state index contributed by atoms with van der Waals surface area (Å²) in [6.45, 7) is 10.9. The lowest BCUT2D eigenvalue weighted by Crippen LogP contribution is -2.48. The second-order valence-corrected chi connectivity index (χ2v) is 5.54. The van der Waals surface area contributed by atoms with Crippen LogP contribution in [0.5, 0.6) is 0 Å². The van der Waals surface area contributed by atoms with Crippen molar-refractivity contribution in [2.75, 3.05) is 19.6 Å². The standard InChI is InChI=1S/C12H25N3O.HI/c1-9(2)10(16)12(3,4)8-15-11-13-6-5-7-14-11;/h9-10,16H,5-8H2,1-4H3,(H2,13,14,15);1H. The number of aliphatic hydroxyl groups is 1. The van der Waals surface area contributed by atoms with Crippen LogP contribution in [0.4, 0.5) is 0 Å². The van der Waals surface area contributed by atoms with E-state index in [0.29, 0.717) is 0 Å². The summed E-state index contributed by atoms with van der Waals surface area (Å²) < 4.78 is 0. The first kappa shape index (κ1) is 17.0. The Bertz CT molecular complexity index is 254. The molecule has 1 heterocycles. The zero-order valence-corrected chi connectivity index (χ0v) is 13.6. The molecule has 0 aromatic carbocycles. The average molecular weight is 355 g/mol. The molecule has 0 aromatic rings. The molecular weight excluding hydrogens is 329 g/mol. The van der Waals surface area contributed by atoms with Gasteiger partial charge >= 0.3 is 0 Å². The van der Waals surface area contributed by atoms with E-state index in [9.17, 15) is 5.11 Å². The molecule has 0 aliphatic carbocycles. The van der Waals surface area contributed by atoms with Crippen molar-refractivity contribution in [2.24, 2.45) is 16.3 Å². The molecule has 0 saturated heterocycles. The summed E-state index contributed by atoms with van der Waals surface area (Å²) in [7, 11) is 0. The molecule has 3 N–H and O–H groups in total. The van der Waals surface area contributed by atoms with Crippen molar-refractivity contribution >= 4 is 29.9 Å². The van der Waals surface area contributed by atoms with Crippen LogP contribution in [0.15, 0.2) is 4.99 Å². The quantitative estimate of drug-likeness (QED) is 0.672. The van der Waals surface area contributed by atoms with Crippen LogP contribution in [0.1, 0.15) is 34.1 Å². The third-order valence-corrected chi connectivity index (χ3v) is 3.04. The number of hydrogen-bond donors (Lipinski definition) is 3. The summed E-state index contributed by atoms with van der Waals surface area (Å²) in [4.78, 5) is 4.35. The van der Waals surface area contributed by atoms with Crippen LogP contribution < -0.4 is 10.6 Å². The summed E-state index contributed by atoms with van der Waals surface area (Å²) >= 11 is 0. The van der Waals surface area contributed by atoms with Gasteiger partial charge in [0.2, 0.25) is 0 Å². The Morgan fingerprint density at radius 3 is 2.59 bits per heavy atom. The summed E-state index contributed by atoms with van der Waals surface area (Å²) in [6.07, 6.45) is 0.799. The number of aliphatic imine (C=N–C) groups is 1. The van der Waals surface area contributed by atoms with Crippen molar-refractivity contribution in [1.29, 1.82) is 0 Å². The second-order valence-electron chi connectivity index (χ2n) is 5.54. The van der Waals surface area contributed by atoms with E-state index in [0.717, 1.165) is 32.0 Å². The van der Waals surface area contributed by atoms with Crippen molar-refractivity contribution in [3.63, 3.8) is 0 Å². The van der Waals surface area contributed by atoms with E-state index in [1.54, 1.807) is 0 Å². The molecule has 0 bridgehead atoms. The molecule has 0 aromatic heterocycles. The molecule has 1 aliphatic heterocycles. The highest BCUT2D eigenvalue weighted by molar-refractivity contribution is 14.0. The van der Waals surface area contributed by atoms with Crippen LogP contribution >= 0.6 is 24.0 Å². The van der Waals surface area contributed by atoms with E-state index in [-0.39, 0.29) is 41.4 Å². The normalized spacial score (nSPS) is 17.9. The maximum atomic E-state index is 10.1. The van der Waals surface area contributed by atoms with Gasteiger partial charge in [-0.2, -0.15) is 0 Å². The number of halogens is 1. The first-order valence-corrected chi connectivity index (χ1v) is 6.14. The molecule has 1 rings (SSSR count). The third-order valence-electron chi connectivity index (χ3n) is 3.04. The smallest absolute Gasteiger partial charge is 0.191 e. The van der Waals surface area contributed by atoms with Crippen LogP contribution in [-0.2, 0) is 0 Å². The lowest BCUT2D eigenvalue weighted by atomic mass is 9.81. The molecule has 0 amide bonds. The summed E-state index contributed by atoms with van der Waals surface area (Å²) in [5.74, 6) is 1.15. The fourth-order valence-electron chi connectivity index (χ4n) is 1.97. The minimum Gasteiger partial charge on any atom is -0.392 e. The largest absolute Gasteiger partial charge is 0.392 e. The van der Waals surface area contributed by atoms with Gasteiger partial charge in [0.05, 0.1) is 6.10 Å². The van der Waals surface area contributed by atoms with Crippen molar-refractivity contribution in [3.05, 3.63) is 0 Å². The van der Waals surface area contributed by atoms with Gasteiger partial charge < -0.3 is 15.7 Å². The number of nitrogens with zero attached hydrogens (tertiary/aromatic N) is 1.